The third kappa shape index (κ3) is 2.20. The predicted octanol–water partition coefficient (Wildman–Crippen LogP) is 1.44. The molecule has 17 heavy (non-hydrogen) atoms. The fourth-order valence-corrected chi connectivity index (χ4v) is 3.55. The maximum Gasteiger partial charge on any atom is 0.324 e. The van der Waals surface area contributed by atoms with Gasteiger partial charge in [0.15, 0.2) is 0 Å². The summed E-state index contributed by atoms with van der Waals surface area (Å²) in [6.07, 6.45) is 5.92. The lowest BCUT2D eigenvalue weighted by atomic mass is 9.71. The smallest absolute Gasteiger partial charge is 0.324 e. The van der Waals surface area contributed by atoms with Crippen molar-refractivity contribution >= 4 is 5.97 Å². The molecule has 0 aromatic heterocycles. The number of nitrogens with zero attached hydrogens (tertiary/aromatic N) is 1. The second kappa shape index (κ2) is 4.94. The highest BCUT2D eigenvalue weighted by Gasteiger charge is 2.50. The minimum absolute atomic E-state index is 0.253. The highest BCUT2D eigenvalue weighted by molar-refractivity contribution is 5.79. The first kappa shape index (κ1) is 12.8. The maximum atomic E-state index is 11.8. The highest BCUT2D eigenvalue weighted by atomic mass is 16.4. The van der Waals surface area contributed by atoms with Crippen LogP contribution in [-0.2, 0) is 4.79 Å². The first-order valence-corrected chi connectivity index (χ1v) is 6.81. The number of carboxylic acids is 1. The first-order valence-electron chi connectivity index (χ1n) is 6.81. The van der Waals surface area contributed by atoms with Crippen LogP contribution in [0.4, 0.5) is 0 Å². The average molecular weight is 240 g/mol. The number of piperidine rings is 1. The van der Waals surface area contributed by atoms with E-state index in [-0.39, 0.29) is 12.0 Å². The Labute approximate surface area is 103 Å². The van der Waals surface area contributed by atoms with Crippen molar-refractivity contribution in [3.8, 4) is 0 Å². The van der Waals surface area contributed by atoms with Crippen molar-refractivity contribution in [2.75, 3.05) is 13.1 Å². The average Bonchev–Trinajstić information content (AvgIpc) is 2.31. The summed E-state index contributed by atoms with van der Waals surface area (Å²) in [4.78, 5) is 14.0. The van der Waals surface area contributed by atoms with Crippen LogP contribution in [0.5, 0.6) is 0 Å². The number of likely N-dealkylation sites (tertiary alicyclic amines) is 1. The third-order valence-electron chi connectivity index (χ3n) is 4.73. The van der Waals surface area contributed by atoms with E-state index in [1.165, 1.54) is 6.42 Å². The van der Waals surface area contributed by atoms with E-state index in [9.17, 15) is 9.90 Å². The molecule has 0 bridgehead atoms. The lowest BCUT2D eigenvalue weighted by Gasteiger charge is -2.49. The summed E-state index contributed by atoms with van der Waals surface area (Å²) < 4.78 is 0. The molecular formula is C13H24N2O2. The molecule has 0 spiro atoms. The summed E-state index contributed by atoms with van der Waals surface area (Å²) in [5.74, 6) is -0.372. The van der Waals surface area contributed by atoms with Crippen LogP contribution in [0.25, 0.3) is 0 Å². The molecule has 2 rings (SSSR count). The molecule has 0 amide bonds. The molecule has 98 valence electrons. The standard InChI is InChI=1S/C13H24N2O2/c1-10-4-2-3-7-13(10,12(16)17)15-8-5-11(14)6-9-15/h10-11H,2-9,14H2,1H3,(H,16,17). The first-order chi connectivity index (χ1) is 8.07. The zero-order valence-corrected chi connectivity index (χ0v) is 10.7. The number of carbonyl (C=O) groups is 1. The van der Waals surface area contributed by atoms with Gasteiger partial charge in [-0.15, -0.1) is 0 Å². The van der Waals surface area contributed by atoms with Crippen molar-refractivity contribution in [2.24, 2.45) is 11.7 Å². The lowest BCUT2D eigenvalue weighted by molar-refractivity contribution is -0.160. The van der Waals surface area contributed by atoms with Gasteiger partial charge in [0.2, 0.25) is 0 Å². The van der Waals surface area contributed by atoms with Gasteiger partial charge in [-0.1, -0.05) is 19.8 Å². The van der Waals surface area contributed by atoms with Gasteiger partial charge in [-0.25, -0.2) is 0 Å². The van der Waals surface area contributed by atoms with E-state index in [1.54, 1.807) is 0 Å². The minimum atomic E-state index is -0.625. The summed E-state index contributed by atoms with van der Waals surface area (Å²) in [7, 11) is 0. The van der Waals surface area contributed by atoms with E-state index in [2.05, 4.69) is 11.8 Å². The molecule has 4 heteroatoms. The SMILES string of the molecule is CC1CCCCC1(C(=O)O)N1CCC(N)CC1. The van der Waals surface area contributed by atoms with Gasteiger partial charge < -0.3 is 10.8 Å². The van der Waals surface area contributed by atoms with E-state index in [4.69, 9.17) is 5.73 Å². The molecule has 4 nitrogen and oxygen atoms in total. The van der Waals surface area contributed by atoms with Crippen LogP contribution < -0.4 is 5.73 Å². The van der Waals surface area contributed by atoms with Gasteiger partial charge in [-0.2, -0.15) is 0 Å². The molecule has 1 saturated heterocycles. The second-order valence-electron chi connectivity index (χ2n) is 5.70. The Morgan fingerprint density at radius 3 is 2.47 bits per heavy atom. The van der Waals surface area contributed by atoms with Crippen LogP contribution >= 0.6 is 0 Å². The van der Waals surface area contributed by atoms with Crippen LogP contribution in [0.2, 0.25) is 0 Å². The Kier molecular flexibility index (Phi) is 3.73. The summed E-state index contributed by atoms with van der Waals surface area (Å²) >= 11 is 0. The number of aliphatic carboxylic acids is 1. The second-order valence-corrected chi connectivity index (χ2v) is 5.70. The molecule has 2 atom stereocenters. The Hall–Kier alpha value is -0.610. The number of carboxylic acid groups (broad SMARTS) is 1. The zero-order chi connectivity index (χ0) is 12.5. The van der Waals surface area contributed by atoms with Crippen molar-refractivity contribution in [1.82, 2.24) is 4.90 Å². The topological polar surface area (TPSA) is 66.6 Å². The molecule has 1 saturated carbocycles. The zero-order valence-electron chi connectivity index (χ0n) is 10.7. The third-order valence-corrected chi connectivity index (χ3v) is 4.73. The Morgan fingerprint density at radius 1 is 1.29 bits per heavy atom. The molecule has 2 fully saturated rings. The molecule has 3 N–H and O–H groups in total. The van der Waals surface area contributed by atoms with Gasteiger partial charge in [0, 0.05) is 19.1 Å². The normalized spacial score (nSPS) is 36.9. The Bertz CT molecular complexity index is 287. The Morgan fingerprint density at radius 2 is 1.94 bits per heavy atom. The van der Waals surface area contributed by atoms with Gasteiger partial charge in [-0.05, 0) is 31.6 Å². The largest absolute Gasteiger partial charge is 0.480 e. The van der Waals surface area contributed by atoms with E-state index >= 15 is 0 Å². The van der Waals surface area contributed by atoms with E-state index in [0.717, 1.165) is 45.2 Å². The molecule has 1 heterocycles. The number of hydrogen-bond acceptors (Lipinski definition) is 3. The summed E-state index contributed by atoms with van der Waals surface area (Å²) in [5, 5.41) is 9.70. The molecule has 2 unspecified atom stereocenters. The monoisotopic (exact) mass is 240 g/mol. The van der Waals surface area contributed by atoms with Crippen LogP contribution in [0.15, 0.2) is 0 Å². The lowest BCUT2D eigenvalue weighted by Crippen LogP contribution is -2.62. The van der Waals surface area contributed by atoms with Crippen molar-refractivity contribution < 1.29 is 9.90 Å². The van der Waals surface area contributed by atoms with Crippen molar-refractivity contribution in [1.29, 1.82) is 0 Å². The molecular weight excluding hydrogens is 216 g/mol. The van der Waals surface area contributed by atoms with Crippen LogP contribution in [0.1, 0.15) is 45.4 Å². The van der Waals surface area contributed by atoms with Crippen molar-refractivity contribution in [3.05, 3.63) is 0 Å². The van der Waals surface area contributed by atoms with Gasteiger partial charge in [-0.3, -0.25) is 9.69 Å². The molecule has 0 aromatic rings. The maximum absolute atomic E-state index is 11.8. The number of nitrogens with two attached hydrogens (primary N) is 1. The van der Waals surface area contributed by atoms with Crippen molar-refractivity contribution in [3.63, 3.8) is 0 Å². The van der Waals surface area contributed by atoms with E-state index < -0.39 is 11.5 Å². The fraction of sp³-hybridized carbons (Fsp3) is 0.923. The van der Waals surface area contributed by atoms with Crippen LogP contribution in [0.3, 0.4) is 0 Å². The quantitative estimate of drug-likeness (QED) is 0.766. The Balaban J connectivity index is 2.18. The van der Waals surface area contributed by atoms with Gasteiger partial charge in [0.25, 0.3) is 0 Å². The molecule has 2 aliphatic rings. The van der Waals surface area contributed by atoms with Gasteiger partial charge in [0.05, 0.1) is 0 Å². The summed E-state index contributed by atoms with van der Waals surface area (Å²) in [6.45, 7) is 3.79. The summed E-state index contributed by atoms with van der Waals surface area (Å²) in [6, 6.07) is 0.260. The van der Waals surface area contributed by atoms with Gasteiger partial charge >= 0.3 is 5.97 Å². The fourth-order valence-electron chi connectivity index (χ4n) is 3.55. The molecule has 1 aliphatic heterocycles. The number of rotatable bonds is 2. The van der Waals surface area contributed by atoms with Gasteiger partial charge in [0.1, 0.15) is 5.54 Å². The van der Waals surface area contributed by atoms with E-state index in [1.807, 2.05) is 0 Å². The minimum Gasteiger partial charge on any atom is -0.480 e. The van der Waals surface area contributed by atoms with E-state index in [0.29, 0.717) is 0 Å². The van der Waals surface area contributed by atoms with Crippen LogP contribution in [-0.4, -0.2) is 40.6 Å². The number of hydrogen-bond donors (Lipinski definition) is 2. The summed E-state index contributed by atoms with van der Waals surface area (Å²) in [5.41, 5.74) is 5.29. The molecule has 0 aromatic carbocycles. The molecule has 0 radical (unpaired) electrons. The van der Waals surface area contributed by atoms with Crippen LogP contribution in [0, 0.1) is 5.92 Å². The van der Waals surface area contributed by atoms with Crippen molar-refractivity contribution in [2.45, 2.75) is 57.0 Å². The molecule has 1 aliphatic carbocycles. The highest BCUT2D eigenvalue weighted by Crippen LogP contribution is 2.39. The predicted molar refractivity (Wildman–Crippen MR) is 66.8 cm³/mol.